The van der Waals surface area contributed by atoms with Gasteiger partial charge in [-0.25, -0.2) is 0 Å². The summed E-state index contributed by atoms with van der Waals surface area (Å²) >= 11 is 0. The van der Waals surface area contributed by atoms with E-state index in [0.717, 1.165) is 12.0 Å². The van der Waals surface area contributed by atoms with Gasteiger partial charge in [0.1, 0.15) is 0 Å². The van der Waals surface area contributed by atoms with E-state index in [1.807, 2.05) is 0 Å². The number of aliphatic hydroxyl groups is 1. The fraction of sp³-hybridized carbons (Fsp3) is 0.650. The van der Waals surface area contributed by atoms with Crippen LogP contribution in [0.5, 0.6) is 0 Å². The first kappa shape index (κ1) is 19.7. The van der Waals surface area contributed by atoms with Crippen LogP contribution in [0.4, 0.5) is 0 Å². The van der Waals surface area contributed by atoms with Gasteiger partial charge < -0.3 is 10.2 Å². The van der Waals surface area contributed by atoms with Crippen molar-refractivity contribution in [3.05, 3.63) is 35.4 Å². The second-order valence-corrected chi connectivity index (χ2v) is 6.40. The molecule has 130 valence electrons. The Kier molecular flexibility index (Phi) is 10.4. The summed E-state index contributed by atoms with van der Waals surface area (Å²) in [6, 6.07) is 8.53. The van der Waals surface area contributed by atoms with Gasteiger partial charge in [0.15, 0.2) is 0 Å². The molecule has 3 heteroatoms. The number of carboxylic acids is 1. The molecule has 0 amide bonds. The average molecular weight is 320 g/mol. The van der Waals surface area contributed by atoms with E-state index in [2.05, 4.69) is 31.2 Å². The smallest absolute Gasteiger partial charge is 0.303 e. The zero-order valence-electron chi connectivity index (χ0n) is 14.5. The van der Waals surface area contributed by atoms with E-state index in [4.69, 9.17) is 5.11 Å². The standard InChI is InChI=1S/C20H32O3/c1-2-3-4-5-6-7-8-17-9-11-18(12-10-17)19(15-16-21)13-14-20(22)23/h9-12,19,21H,2-8,13-16H2,1H3,(H,22,23). The third kappa shape index (κ3) is 8.75. The van der Waals surface area contributed by atoms with Crippen molar-refractivity contribution in [3.8, 4) is 0 Å². The highest BCUT2D eigenvalue weighted by Crippen LogP contribution is 2.25. The van der Waals surface area contributed by atoms with Crippen molar-refractivity contribution in [2.45, 2.75) is 77.0 Å². The fourth-order valence-corrected chi connectivity index (χ4v) is 3.00. The number of hydrogen-bond acceptors (Lipinski definition) is 2. The normalized spacial score (nSPS) is 12.3. The summed E-state index contributed by atoms with van der Waals surface area (Å²) in [7, 11) is 0. The van der Waals surface area contributed by atoms with Gasteiger partial charge in [-0.05, 0) is 42.7 Å². The Morgan fingerprint density at radius 2 is 1.65 bits per heavy atom. The first-order chi connectivity index (χ1) is 11.2. The van der Waals surface area contributed by atoms with Crippen molar-refractivity contribution in [2.75, 3.05) is 6.61 Å². The first-order valence-electron chi connectivity index (χ1n) is 9.08. The molecule has 0 aromatic heterocycles. The molecule has 0 saturated heterocycles. The average Bonchev–Trinajstić information content (AvgIpc) is 2.55. The summed E-state index contributed by atoms with van der Waals surface area (Å²) in [5.41, 5.74) is 2.50. The highest BCUT2D eigenvalue weighted by Gasteiger charge is 2.13. The Bertz CT molecular complexity index is 425. The van der Waals surface area contributed by atoms with E-state index in [1.165, 1.54) is 44.1 Å². The van der Waals surface area contributed by atoms with E-state index in [-0.39, 0.29) is 18.9 Å². The molecule has 0 aliphatic carbocycles. The lowest BCUT2D eigenvalue weighted by Gasteiger charge is -2.15. The molecule has 1 aromatic carbocycles. The van der Waals surface area contributed by atoms with Crippen molar-refractivity contribution in [2.24, 2.45) is 0 Å². The zero-order valence-corrected chi connectivity index (χ0v) is 14.5. The number of aliphatic hydroxyl groups excluding tert-OH is 1. The topological polar surface area (TPSA) is 57.5 Å². The van der Waals surface area contributed by atoms with Gasteiger partial charge in [-0.3, -0.25) is 4.79 Å². The minimum absolute atomic E-state index is 0.101. The number of rotatable bonds is 13. The molecule has 1 atom stereocenters. The quantitative estimate of drug-likeness (QED) is 0.507. The first-order valence-corrected chi connectivity index (χ1v) is 9.08. The van der Waals surface area contributed by atoms with Crippen LogP contribution in [0.15, 0.2) is 24.3 Å². The molecule has 23 heavy (non-hydrogen) atoms. The second-order valence-electron chi connectivity index (χ2n) is 6.40. The number of aryl methyl sites for hydroxylation is 1. The Hall–Kier alpha value is -1.35. The van der Waals surface area contributed by atoms with Crippen LogP contribution in [0.25, 0.3) is 0 Å². The molecular formula is C20H32O3. The summed E-state index contributed by atoms with van der Waals surface area (Å²) in [6.07, 6.45) is 10.3. The van der Waals surface area contributed by atoms with Gasteiger partial charge in [-0.2, -0.15) is 0 Å². The lowest BCUT2D eigenvalue weighted by Crippen LogP contribution is -2.05. The van der Waals surface area contributed by atoms with E-state index in [1.54, 1.807) is 0 Å². The molecule has 1 rings (SSSR count). The number of hydrogen-bond donors (Lipinski definition) is 2. The van der Waals surface area contributed by atoms with Crippen molar-refractivity contribution in [1.29, 1.82) is 0 Å². The fourth-order valence-electron chi connectivity index (χ4n) is 3.00. The number of unbranched alkanes of at least 4 members (excludes halogenated alkanes) is 5. The number of aliphatic carboxylic acids is 1. The third-order valence-corrected chi connectivity index (χ3v) is 4.45. The SMILES string of the molecule is CCCCCCCCc1ccc(C(CCO)CCC(=O)O)cc1. The molecule has 2 N–H and O–H groups in total. The number of benzene rings is 1. The molecule has 0 aliphatic heterocycles. The molecule has 0 radical (unpaired) electrons. The summed E-state index contributed by atoms with van der Waals surface area (Å²) in [5, 5.41) is 18.0. The largest absolute Gasteiger partial charge is 0.481 e. The number of carboxylic acid groups (broad SMARTS) is 1. The lowest BCUT2D eigenvalue weighted by atomic mass is 9.90. The van der Waals surface area contributed by atoms with E-state index in [0.29, 0.717) is 12.8 Å². The minimum Gasteiger partial charge on any atom is -0.481 e. The van der Waals surface area contributed by atoms with Crippen LogP contribution < -0.4 is 0 Å². The highest BCUT2D eigenvalue weighted by atomic mass is 16.4. The maximum Gasteiger partial charge on any atom is 0.303 e. The molecule has 1 unspecified atom stereocenters. The minimum atomic E-state index is -0.771. The van der Waals surface area contributed by atoms with Crippen molar-refractivity contribution in [1.82, 2.24) is 0 Å². The van der Waals surface area contributed by atoms with Crippen molar-refractivity contribution < 1.29 is 15.0 Å². The molecule has 0 spiro atoms. The molecule has 0 fully saturated rings. The van der Waals surface area contributed by atoms with Crippen molar-refractivity contribution >= 4 is 5.97 Å². The van der Waals surface area contributed by atoms with Gasteiger partial charge in [-0.15, -0.1) is 0 Å². The van der Waals surface area contributed by atoms with E-state index in [9.17, 15) is 9.90 Å². The maximum atomic E-state index is 10.7. The predicted octanol–water partition coefficient (Wildman–Crippen LogP) is 4.92. The molecular weight excluding hydrogens is 288 g/mol. The highest BCUT2D eigenvalue weighted by molar-refractivity contribution is 5.66. The van der Waals surface area contributed by atoms with Crippen LogP contribution >= 0.6 is 0 Å². The Labute approximate surface area is 140 Å². The summed E-state index contributed by atoms with van der Waals surface area (Å²) in [5.74, 6) is -0.633. The molecule has 0 heterocycles. The Morgan fingerprint density at radius 1 is 1.00 bits per heavy atom. The van der Waals surface area contributed by atoms with E-state index >= 15 is 0 Å². The van der Waals surface area contributed by atoms with Gasteiger partial charge in [0.2, 0.25) is 0 Å². The van der Waals surface area contributed by atoms with Gasteiger partial charge in [0.05, 0.1) is 0 Å². The molecule has 0 bridgehead atoms. The van der Waals surface area contributed by atoms with Crippen molar-refractivity contribution in [3.63, 3.8) is 0 Å². The van der Waals surface area contributed by atoms with Crippen LogP contribution in [0.3, 0.4) is 0 Å². The monoisotopic (exact) mass is 320 g/mol. The van der Waals surface area contributed by atoms with Gasteiger partial charge in [0.25, 0.3) is 0 Å². The third-order valence-electron chi connectivity index (χ3n) is 4.45. The van der Waals surface area contributed by atoms with Crippen LogP contribution in [0.1, 0.15) is 81.8 Å². The molecule has 0 aliphatic rings. The summed E-state index contributed by atoms with van der Waals surface area (Å²) in [4.78, 5) is 10.7. The molecule has 3 nitrogen and oxygen atoms in total. The van der Waals surface area contributed by atoms with Crippen LogP contribution in [-0.4, -0.2) is 22.8 Å². The lowest BCUT2D eigenvalue weighted by molar-refractivity contribution is -0.137. The number of carbonyl (C=O) groups is 1. The Balaban J connectivity index is 2.41. The van der Waals surface area contributed by atoms with E-state index < -0.39 is 5.97 Å². The van der Waals surface area contributed by atoms with Crippen LogP contribution in [0, 0.1) is 0 Å². The van der Waals surface area contributed by atoms with Gasteiger partial charge in [-0.1, -0.05) is 63.3 Å². The molecule has 0 saturated carbocycles. The maximum absolute atomic E-state index is 10.7. The van der Waals surface area contributed by atoms with Crippen LogP contribution in [-0.2, 0) is 11.2 Å². The molecule has 1 aromatic rings. The summed E-state index contributed by atoms with van der Waals surface area (Å²) in [6.45, 7) is 2.34. The van der Waals surface area contributed by atoms with Gasteiger partial charge >= 0.3 is 5.97 Å². The van der Waals surface area contributed by atoms with Crippen LogP contribution in [0.2, 0.25) is 0 Å². The van der Waals surface area contributed by atoms with Gasteiger partial charge in [0, 0.05) is 13.0 Å². The predicted molar refractivity (Wildman–Crippen MR) is 94.8 cm³/mol. The Morgan fingerprint density at radius 3 is 2.26 bits per heavy atom. The zero-order chi connectivity index (χ0) is 16.9. The second kappa shape index (κ2) is 12.1. The summed E-state index contributed by atoms with van der Waals surface area (Å²) < 4.78 is 0.